The molecule has 134 valence electrons. The van der Waals surface area contributed by atoms with Gasteiger partial charge >= 0.3 is 0 Å². The summed E-state index contributed by atoms with van der Waals surface area (Å²) in [6, 6.07) is 10.5. The van der Waals surface area contributed by atoms with Gasteiger partial charge in [0.1, 0.15) is 0 Å². The van der Waals surface area contributed by atoms with E-state index in [0.29, 0.717) is 6.42 Å². The van der Waals surface area contributed by atoms with Crippen molar-refractivity contribution in [3.8, 4) is 0 Å². The van der Waals surface area contributed by atoms with Crippen molar-refractivity contribution < 1.29 is 9.53 Å². The Morgan fingerprint density at radius 1 is 1.08 bits per heavy atom. The summed E-state index contributed by atoms with van der Waals surface area (Å²) in [6.45, 7) is 15.8. The lowest BCUT2D eigenvalue weighted by Gasteiger charge is -2.43. The van der Waals surface area contributed by atoms with Gasteiger partial charge in [0.15, 0.2) is 8.32 Å². The molecule has 0 amide bonds. The lowest BCUT2D eigenvalue weighted by atomic mass is 9.85. The molecule has 0 heterocycles. The number of aliphatic hydroxyl groups is 1. The molecule has 3 heteroatoms. The minimum atomic E-state index is -1.90. The fourth-order valence-corrected chi connectivity index (χ4v) is 4.69. The molecule has 24 heavy (non-hydrogen) atoms. The maximum Gasteiger partial charge on any atom is 0.192 e. The van der Waals surface area contributed by atoms with Crippen LogP contribution in [0.3, 0.4) is 0 Å². The normalized spacial score (nSPS) is 29.1. The van der Waals surface area contributed by atoms with E-state index in [2.05, 4.69) is 78.1 Å². The Morgan fingerprint density at radius 3 is 2.21 bits per heavy atom. The zero-order chi connectivity index (χ0) is 18.1. The van der Waals surface area contributed by atoms with Crippen LogP contribution < -0.4 is 0 Å². The average molecular weight is 347 g/mol. The second-order valence-corrected chi connectivity index (χ2v) is 13.6. The Hall–Kier alpha value is -0.903. The average Bonchev–Trinajstić information content (AvgIpc) is 2.60. The van der Waals surface area contributed by atoms with Crippen LogP contribution in [0.4, 0.5) is 0 Å². The first-order valence-corrected chi connectivity index (χ1v) is 12.1. The highest BCUT2D eigenvalue weighted by Crippen LogP contribution is 2.42. The molecule has 2 rings (SSSR count). The standard InChI is InChI=1S/C21H34O2Si/c1-15-18(17-11-9-8-10-12-17)13-14-19(22)16(2)20(15)23-24(6,7)21(3,4)5/h8-13,15-16,19-20,22H,14H2,1-7H3/t15-,16-,19-,20-/m1/s1. The van der Waals surface area contributed by atoms with Crippen molar-refractivity contribution in [2.45, 2.75) is 71.4 Å². The van der Waals surface area contributed by atoms with Gasteiger partial charge in [-0.2, -0.15) is 0 Å². The van der Waals surface area contributed by atoms with Crippen LogP contribution in [0, 0.1) is 11.8 Å². The topological polar surface area (TPSA) is 29.5 Å². The van der Waals surface area contributed by atoms with Crippen LogP contribution >= 0.6 is 0 Å². The third kappa shape index (κ3) is 4.01. The molecule has 4 atom stereocenters. The van der Waals surface area contributed by atoms with Crippen molar-refractivity contribution in [2.75, 3.05) is 0 Å². The molecule has 0 unspecified atom stereocenters. The van der Waals surface area contributed by atoms with Gasteiger partial charge < -0.3 is 9.53 Å². The fraction of sp³-hybridized carbons (Fsp3) is 0.619. The summed E-state index contributed by atoms with van der Waals surface area (Å²) in [5, 5.41) is 10.8. The van der Waals surface area contributed by atoms with E-state index in [-0.39, 0.29) is 29.1 Å². The summed E-state index contributed by atoms with van der Waals surface area (Å²) in [5.74, 6) is 0.403. The van der Waals surface area contributed by atoms with Crippen LogP contribution in [0.15, 0.2) is 36.4 Å². The number of aliphatic hydroxyl groups excluding tert-OH is 1. The third-order valence-electron chi connectivity index (χ3n) is 6.03. The monoisotopic (exact) mass is 346 g/mol. The van der Waals surface area contributed by atoms with Crippen molar-refractivity contribution in [3.63, 3.8) is 0 Å². The van der Waals surface area contributed by atoms with E-state index in [1.807, 2.05) is 6.07 Å². The van der Waals surface area contributed by atoms with E-state index in [9.17, 15) is 5.11 Å². The van der Waals surface area contributed by atoms with Gasteiger partial charge in [-0.05, 0) is 35.7 Å². The molecule has 0 fully saturated rings. The zero-order valence-corrected chi connectivity index (χ0v) is 17.3. The molecule has 2 nitrogen and oxygen atoms in total. The van der Waals surface area contributed by atoms with Gasteiger partial charge in [0.25, 0.3) is 0 Å². The molecule has 0 spiro atoms. The number of hydrogen-bond donors (Lipinski definition) is 1. The molecular weight excluding hydrogens is 312 g/mol. The largest absolute Gasteiger partial charge is 0.413 e. The molecule has 0 aliphatic heterocycles. The minimum absolute atomic E-state index is 0.0508. The predicted octanol–water partition coefficient (Wildman–Crippen LogP) is 5.50. The predicted molar refractivity (Wildman–Crippen MR) is 105 cm³/mol. The quantitative estimate of drug-likeness (QED) is 0.733. The molecular formula is C21H34O2Si. The van der Waals surface area contributed by atoms with Gasteiger partial charge in [-0.3, -0.25) is 0 Å². The van der Waals surface area contributed by atoms with Crippen LogP contribution in [-0.2, 0) is 4.43 Å². The zero-order valence-electron chi connectivity index (χ0n) is 16.3. The van der Waals surface area contributed by atoms with Crippen molar-refractivity contribution in [2.24, 2.45) is 11.8 Å². The smallest absolute Gasteiger partial charge is 0.192 e. The van der Waals surface area contributed by atoms with Crippen LogP contribution in [0.2, 0.25) is 18.1 Å². The summed E-state index contributed by atoms with van der Waals surface area (Å²) in [6.07, 6.45) is 2.63. The lowest BCUT2D eigenvalue weighted by Crippen LogP contribution is -2.48. The Morgan fingerprint density at radius 2 is 1.67 bits per heavy atom. The summed E-state index contributed by atoms with van der Waals surface area (Å²) in [5.41, 5.74) is 2.55. The highest BCUT2D eigenvalue weighted by molar-refractivity contribution is 6.74. The van der Waals surface area contributed by atoms with E-state index in [1.165, 1.54) is 11.1 Å². The van der Waals surface area contributed by atoms with E-state index in [1.54, 1.807) is 0 Å². The Kier molecular flexibility index (Phi) is 5.78. The lowest BCUT2D eigenvalue weighted by molar-refractivity contribution is 0.0186. The SMILES string of the molecule is C[C@H]1[C@H](O[Si](C)(C)C(C)(C)C)[C@H](C)C(c2ccccc2)=CC[C@H]1O. The van der Waals surface area contributed by atoms with Crippen molar-refractivity contribution in [3.05, 3.63) is 42.0 Å². The molecule has 0 saturated heterocycles. The van der Waals surface area contributed by atoms with Gasteiger partial charge in [0.2, 0.25) is 0 Å². The van der Waals surface area contributed by atoms with Crippen LogP contribution in [0.25, 0.3) is 5.57 Å². The molecule has 1 aromatic rings. The number of hydrogen-bond acceptors (Lipinski definition) is 2. The fourth-order valence-electron chi connectivity index (χ4n) is 3.24. The van der Waals surface area contributed by atoms with E-state index in [4.69, 9.17) is 4.43 Å². The highest BCUT2D eigenvalue weighted by Gasteiger charge is 2.43. The second kappa shape index (κ2) is 7.15. The summed E-state index contributed by atoms with van der Waals surface area (Å²) >= 11 is 0. The van der Waals surface area contributed by atoms with E-state index in [0.717, 1.165) is 0 Å². The summed E-state index contributed by atoms with van der Waals surface area (Å²) in [4.78, 5) is 0. The first-order chi connectivity index (χ1) is 11.0. The van der Waals surface area contributed by atoms with Crippen molar-refractivity contribution in [1.29, 1.82) is 0 Å². The Bertz CT molecular complexity index is 571. The molecule has 1 aliphatic rings. The molecule has 0 radical (unpaired) electrons. The van der Waals surface area contributed by atoms with Crippen molar-refractivity contribution >= 4 is 13.9 Å². The Balaban J connectivity index is 2.36. The number of benzene rings is 1. The maximum absolute atomic E-state index is 10.6. The van der Waals surface area contributed by atoms with Gasteiger partial charge in [0, 0.05) is 11.8 Å². The van der Waals surface area contributed by atoms with E-state index < -0.39 is 8.32 Å². The first-order valence-electron chi connectivity index (χ1n) is 9.16. The van der Waals surface area contributed by atoms with Crippen LogP contribution in [0.1, 0.15) is 46.6 Å². The van der Waals surface area contributed by atoms with Gasteiger partial charge in [-0.15, -0.1) is 0 Å². The summed E-state index contributed by atoms with van der Waals surface area (Å²) in [7, 11) is -1.90. The molecule has 1 aliphatic carbocycles. The molecule has 1 N–H and O–H groups in total. The molecule has 0 saturated carbocycles. The first kappa shape index (κ1) is 19.4. The second-order valence-electron chi connectivity index (χ2n) is 8.82. The maximum atomic E-state index is 10.6. The summed E-state index contributed by atoms with van der Waals surface area (Å²) < 4.78 is 6.81. The molecule has 1 aromatic carbocycles. The van der Waals surface area contributed by atoms with Crippen molar-refractivity contribution in [1.82, 2.24) is 0 Å². The van der Waals surface area contributed by atoms with Gasteiger partial charge in [-0.1, -0.05) is 71.0 Å². The van der Waals surface area contributed by atoms with Crippen LogP contribution in [-0.4, -0.2) is 25.6 Å². The molecule has 0 bridgehead atoms. The third-order valence-corrected chi connectivity index (χ3v) is 10.5. The Labute approximate surface area is 149 Å². The number of rotatable bonds is 3. The highest BCUT2D eigenvalue weighted by atomic mass is 28.4. The molecule has 0 aromatic heterocycles. The van der Waals surface area contributed by atoms with Gasteiger partial charge in [-0.25, -0.2) is 0 Å². The van der Waals surface area contributed by atoms with Gasteiger partial charge in [0.05, 0.1) is 12.2 Å². The van der Waals surface area contributed by atoms with E-state index >= 15 is 0 Å². The van der Waals surface area contributed by atoms with Crippen LogP contribution in [0.5, 0.6) is 0 Å². The minimum Gasteiger partial charge on any atom is -0.413 e.